The molecule has 0 saturated heterocycles. The summed E-state index contributed by atoms with van der Waals surface area (Å²) in [5.41, 5.74) is 1.40. The molecule has 0 radical (unpaired) electrons. The van der Waals surface area contributed by atoms with E-state index in [1.165, 1.54) is 29.1 Å². The van der Waals surface area contributed by atoms with E-state index in [1.807, 2.05) is 11.8 Å². The summed E-state index contributed by atoms with van der Waals surface area (Å²) >= 11 is 1.98. The van der Waals surface area contributed by atoms with Crippen LogP contribution in [-0.2, 0) is 6.54 Å². The number of benzene rings is 1. The normalized spacial score (nSPS) is 12.6. The maximum absolute atomic E-state index is 3.45. The summed E-state index contributed by atoms with van der Waals surface area (Å²) in [6.07, 6.45) is 2.47. The molecule has 17 heavy (non-hydrogen) atoms. The van der Waals surface area contributed by atoms with Crippen LogP contribution in [0, 0.1) is 5.92 Å². The fourth-order valence-corrected chi connectivity index (χ4v) is 2.63. The molecule has 1 aromatic carbocycles. The van der Waals surface area contributed by atoms with Gasteiger partial charge in [0, 0.05) is 17.2 Å². The summed E-state index contributed by atoms with van der Waals surface area (Å²) in [5, 5.41) is 3.45. The Labute approximate surface area is 110 Å². The molecule has 1 rings (SSSR count). The second-order valence-electron chi connectivity index (χ2n) is 4.65. The predicted octanol–water partition coefficient (Wildman–Crippen LogP) is 4.32. The van der Waals surface area contributed by atoms with E-state index in [-0.39, 0.29) is 0 Å². The fraction of sp³-hybridized carbons (Fsp3) is 0.600. The average Bonchev–Trinajstić information content (AvgIpc) is 2.37. The van der Waals surface area contributed by atoms with Crippen molar-refractivity contribution < 1.29 is 0 Å². The van der Waals surface area contributed by atoms with Crippen molar-refractivity contribution in [3.63, 3.8) is 0 Å². The van der Waals surface area contributed by atoms with Gasteiger partial charge in [-0.2, -0.15) is 0 Å². The number of thioether (sulfide) groups is 1. The molecular formula is C15H25NS. The molecule has 0 fully saturated rings. The van der Waals surface area contributed by atoms with Crippen molar-refractivity contribution in [1.29, 1.82) is 0 Å². The van der Waals surface area contributed by atoms with E-state index < -0.39 is 0 Å². The first-order chi connectivity index (χ1) is 8.26. The zero-order valence-corrected chi connectivity index (χ0v) is 12.1. The highest BCUT2D eigenvalue weighted by atomic mass is 32.2. The Morgan fingerprint density at radius 3 is 2.82 bits per heavy atom. The lowest BCUT2D eigenvalue weighted by Crippen LogP contribution is -2.13. The summed E-state index contributed by atoms with van der Waals surface area (Å²) in [4.78, 5) is 1.40. The van der Waals surface area contributed by atoms with Gasteiger partial charge in [-0.3, -0.25) is 0 Å². The molecule has 0 aliphatic heterocycles. The lowest BCUT2D eigenvalue weighted by molar-refractivity contribution is 0.637. The Kier molecular flexibility index (Phi) is 7.38. The zero-order valence-electron chi connectivity index (χ0n) is 11.3. The van der Waals surface area contributed by atoms with Gasteiger partial charge in [-0.05, 0) is 36.6 Å². The van der Waals surface area contributed by atoms with Crippen LogP contribution in [0.3, 0.4) is 0 Å². The van der Waals surface area contributed by atoms with Gasteiger partial charge in [-0.15, -0.1) is 11.8 Å². The molecule has 96 valence electrons. The minimum absolute atomic E-state index is 0.807. The van der Waals surface area contributed by atoms with Crippen LogP contribution in [0.2, 0.25) is 0 Å². The van der Waals surface area contributed by atoms with Gasteiger partial charge >= 0.3 is 0 Å². The molecule has 1 unspecified atom stereocenters. The van der Waals surface area contributed by atoms with E-state index in [0.717, 1.165) is 19.0 Å². The smallest absolute Gasteiger partial charge is 0.0205 e. The summed E-state index contributed by atoms with van der Waals surface area (Å²) < 4.78 is 0. The molecule has 0 amide bonds. The minimum Gasteiger partial charge on any atom is -0.313 e. The van der Waals surface area contributed by atoms with E-state index >= 15 is 0 Å². The number of hydrogen-bond acceptors (Lipinski definition) is 2. The predicted molar refractivity (Wildman–Crippen MR) is 78.6 cm³/mol. The molecule has 1 aromatic rings. The van der Waals surface area contributed by atoms with Gasteiger partial charge in [0.05, 0.1) is 0 Å². The summed E-state index contributed by atoms with van der Waals surface area (Å²) in [6.45, 7) is 8.87. The van der Waals surface area contributed by atoms with Crippen LogP contribution in [0.5, 0.6) is 0 Å². The van der Waals surface area contributed by atoms with Crippen LogP contribution in [0.15, 0.2) is 29.2 Å². The van der Waals surface area contributed by atoms with Gasteiger partial charge in [-0.25, -0.2) is 0 Å². The van der Waals surface area contributed by atoms with Crippen LogP contribution >= 0.6 is 11.8 Å². The number of rotatable bonds is 8. The molecule has 0 heterocycles. The fourth-order valence-electron chi connectivity index (χ4n) is 1.51. The lowest BCUT2D eigenvalue weighted by atomic mass is 10.2. The summed E-state index contributed by atoms with van der Waals surface area (Å²) in [5.74, 6) is 2.03. The van der Waals surface area contributed by atoms with Crippen molar-refractivity contribution in [2.75, 3.05) is 12.3 Å². The molecule has 2 heteroatoms. The third-order valence-electron chi connectivity index (χ3n) is 2.89. The second-order valence-corrected chi connectivity index (χ2v) is 5.74. The number of hydrogen-bond donors (Lipinski definition) is 1. The molecule has 0 aliphatic carbocycles. The zero-order chi connectivity index (χ0) is 12.5. The first kappa shape index (κ1) is 14.6. The van der Waals surface area contributed by atoms with Crippen molar-refractivity contribution in [1.82, 2.24) is 5.32 Å². The highest BCUT2D eigenvalue weighted by molar-refractivity contribution is 7.99. The standard InChI is InChI=1S/C15H25NS/c1-4-9-16-11-14-7-6-8-15(10-14)17-12-13(3)5-2/h6-8,10,13,16H,4-5,9,11-12H2,1-3H3. The quantitative estimate of drug-likeness (QED) is 0.545. The van der Waals surface area contributed by atoms with Crippen molar-refractivity contribution in [2.45, 2.75) is 45.1 Å². The van der Waals surface area contributed by atoms with Gasteiger partial charge in [-0.1, -0.05) is 39.3 Å². The van der Waals surface area contributed by atoms with Crippen LogP contribution in [0.4, 0.5) is 0 Å². The SMILES string of the molecule is CCCNCc1cccc(SCC(C)CC)c1. The summed E-state index contributed by atoms with van der Waals surface area (Å²) in [7, 11) is 0. The first-order valence-electron chi connectivity index (χ1n) is 6.68. The third kappa shape index (κ3) is 6.13. The molecule has 0 bridgehead atoms. The van der Waals surface area contributed by atoms with E-state index in [2.05, 4.69) is 50.4 Å². The van der Waals surface area contributed by atoms with E-state index in [4.69, 9.17) is 0 Å². The van der Waals surface area contributed by atoms with Gasteiger partial charge in [0.25, 0.3) is 0 Å². The van der Waals surface area contributed by atoms with Crippen molar-refractivity contribution >= 4 is 11.8 Å². The largest absolute Gasteiger partial charge is 0.313 e. The monoisotopic (exact) mass is 251 g/mol. The Hall–Kier alpha value is -0.470. The van der Waals surface area contributed by atoms with Crippen molar-refractivity contribution in [3.8, 4) is 0 Å². The molecule has 0 spiro atoms. The minimum atomic E-state index is 0.807. The van der Waals surface area contributed by atoms with Crippen LogP contribution in [0.25, 0.3) is 0 Å². The highest BCUT2D eigenvalue weighted by Gasteiger charge is 2.01. The van der Waals surface area contributed by atoms with Crippen molar-refractivity contribution in [3.05, 3.63) is 29.8 Å². The van der Waals surface area contributed by atoms with Crippen LogP contribution in [-0.4, -0.2) is 12.3 Å². The van der Waals surface area contributed by atoms with E-state index in [9.17, 15) is 0 Å². The second kappa shape index (κ2) is 8.60. The van der Waals surface area contributed by atoms with Crippen LogP contribution in [0.1, 0.15) is 39.2 Å². The Morgan fingerprint density at radius 1 is 1.29 bits per heavy atom. The molecular weight excluding hydrogens is 226 g/mol. The summed E-state index contributed by atoms with van der Waals surface area (Å²) in [6, 6.07) is 8.91. The Morgan fingerprint density at radius 2 is 2.12 bits per heavy atom. The van der Waals surface area contributed by atoms with E-state index in [1.54, 1.807) is 0 Å². The third-order valence-corrected chi connectivity index (χ3v) is 4.21. The van der Waals surface area contributed by atoms with Gasteiger partial charge in [0.15, 0.2) is 0 Å². The molecule has 1 N–H and O–H groups in total. The Balaban J connectivity index is 2.42. The molecule has 0 aliphatic rings. The maximum Gasteiger partial charge on any atom is 0.0205 e. The highest BCUT2D eigenvalue weighted by Crippen LogP contribution is 2.22. The first-order valence-corrected chi connectivity index (χ1v) is 7.67. The number of nitrogens with one attached hydrogen (secondary N) is 1. The maximum atomic E-state index is 3.45. The lowest BCUT2D eigenvalue weighted by Gasteiger charge is -2.09. The van der Waals surface area contributed by atoms with Gasteiger partial charge in [0.1, 0.15) is 0 Å². The topological polar surface area (TPSA) is 12.0 Å². The molecule has 1 nitrogen and oxygen atoms in total. The van der Waals surface area contributed by atoms with Gasteiger partial charge < -0.3 is 5.32 Å². The molecule has 0 aromatic heterocycles. The van der Waals surface area contributed by atoms with E-state index in [0.29, 0.717) is 0 Å². The van der Waals surface area contributed by atoms with Crippen molar-refractivity contribution in [2.24, 2.45) is 5.92 Å². The molecule has 0 saturated carbocycles. The Bertz CT molecular complexity index is 312. The average molecular weight is 251 g/mol. The van der Waals surface area contributed by atoms with Gasteiger partial charge in [0.2, 0.25) is 0 Å². The molecule has 1 atom stereocenters. The van der Waals surface area contributed by atoms with Crippen LogP contribution < -0.4 is 5.32 Å².